The number of hydrogen-bond donors (Lipinski definition) is 1. The van der Waals surface area contributed by atoms with E-state index in [1.807, 2.05) is 6.07 Å². The van der Waals surface area contributed by atoms with Crippen molar-refractivity contribution in [2.24, 2.45) is 0 Å². The van der Waals surface area contributed by atoms with Gasteiger partial charge in [0, 0.05) is 10.9 Å². The van der Waals surface area contributed by atoms with Crippen molar-refractivity contribution in [1.82, 2.24) is 0 Å². The van der Waals surface area contributed by atoms with E-state index < -0.39 is 9.84 Å². The summed E-state index contributed by atoms with van der Waals surface area (Å²) in [6.45, 7) is 0. The van der Waals surface area contributed by atoms with Crippen molar-refractivity contribution in [3.8, 4) is 6.07 Å². The first-order valence-corrected chi connectivity index (χ1v) is 7.56. The van der Waals surface area contributed by atoms with Crippen LogP contribution >= 0.6 is 15.9 Å². The van der Waals surface area contributed by atoms with Crippen LogP contribution in [0.25, 0.3) is 0 Å². The van der Waals surface area contributed by atoms with Gasteiger partial charge in [-0.05, 0) is 31.0 Å². The third kappa shape index (κ3) is 4.02. The van der Waals surface area contributed by atoms with Gasteiger partial charge in [-0.15, -0.1) is 0 Å². The molecule has 0 aromatic heterocycles. The summed E-state index contributed by atoms with van der Waals surface area (Å²) in [6, 6.07) is 6.76. The molecule has 0 saturated heterocycles. The van der Waals surface area contributed by atoms with Gasteiger partial charge < -0.3 is 5.73 Å². The van der Waals surface area contributed by atoms with E-state index >= 15 is 0 Å². The molecule has 0 bridgehead atoms. The largest absolute Gasteiger partial charge is 0.398 e. The molecule has 0 aliphatic carbocycles. The number of nitrogens with zero attached hydrogens (tertiary/aromatic N) is 1. The monoisotopic (exact) mass is 316 g/mol. The molecule has 0 radical (unpaired) electrons. The molecular formula is C11H13BrN2O2S. The van der Waals surface area contributed by atoms with E-state index in [1.54, 1.807) is 12.1 Å². The van der Waals surface area contributed by atoms with Crippen molar-refractivity contribution >= 4 is 31.5 Å². The molecule has 4 nitrogen and oxygen atoms in total. The van der Waals surface area contributed by atoms with Crippen LogP contribution in [0.15, 0.2) is 27.6 Å². The lowest BCUT2D eigenvalue weighted by molar-refractivity contribution is 0.592. The summed E-state index contributed by atoms with van der Waals surface area (Å²) >= 11 is 3.22. The average molecular weight is 317 g/mol. The average Bonchev–Trinajstić information content (AvgIpc) is 2.28. The minimum atomic E-state index is -3.36. The van der Waals surface area contributed by atoms with Gasteiger partial charge in [0.15, 0.2) is 9.84 Å². The Morgan fingerprint density at radius 2 is 2.06 bits per heavy atom. The second kappa shape index (κ2) is 6.03. The Morgan fingerprint density at radius 1 is 1.35 bits per heavy atom. The molecule has 0 unspecified atom stereocenters. The molecule has 0 atom stereocenters. The standard InChI is InChI=1S/C11H13BrN2O2S/c12-9-4-5-10(14)11(8-9)17(15,16)7-3-1-2-6-13/h4-5,8H,1-3,7,14H2. The number of halogens is 1. The maximum Gasteiger partial charge on any atom is 0.180 e. The van der Waals surface area contributed by atoms with Crippen LogP contribution in [0.1, 0.15) is 19.3 Å². The first kappa shape index (κ1) is 14.0. The van der Waals surface area contributed by atoms with Gasteiger partial charge in [-0.3, -0.25) is 0 Å². The van der Waals surface area contributed by atoms with Gasteiger partial charge in [0.05, 0.1) is 22.4 Å². The second-order valence-electron chi connectivity index (χ2n) is 3.62. The number of nitrogen functional groups attached to an aromatic ring is 1. The van der Waals surface area contributed by atoms with Gasteiger partial charge in [-0.2, -0.15) is 5.26 Å². The maximum atomic E-state index is 12.0. The molecule has 92 valence electrons. The Labute approximate surface area is 109 Å². The number of nitrogens with two attached hydrogens (primary N) is 1. The molecule has 0 heterocycles. The van der Waals surface area contributed by atoms with Gasteiger partial charge in [0.25, 0.3) is 0 Å². The Bertz CT molecular complexity index is 535. The molecule has 1 aromatic carbocycles. The van der Waals surface area contributed by atoms with Gasteiger partial charge in [-0.1, -0.05) is 15.9 Å². The van der Waals surface area contributed by atoms with E-state index in [-0.39, 0.29) is 16.3 Å². The van der Waals surface area contributed by atoms with Crippen LogP contribution in [0.5, 0.6) is 0 Å². The van der Waals surface area contributed by atoms with Gasteiger partial charge in [0.1, 0.15) is 0 Å². The smallest absolute Gasteiger partial charge is 0.180 e. The molecule has 0 amide bonds. The molecule has 0 saturated carbocycles. The number of hydrogen-bond acceptors (Lipinski definition) is 4. The molecule has 0 aliphatic heterocycles. The highest BCUT2D eigenvalue weighted by molar-refractivity contribution is 9.10. The van der Waals surface area contributed by atoms with Gasteiger partial charge in [0.2, 0.25) is 0 Å². The lowest BCUT2D eigenvalue weighted by Gasteiger charge is -2.07. The summed E-state index contributed by atoms with van der Waals surface area (Å²) < 4.78 is 24.7. The van der Waals surface area contributed by atoms with Crippen LogP contribution < -0.4 is 5.73 Å². The molecule has 1 rings (SSSR count). The van der Waals surface area contributed by atoms with Crippen LogP contribution in [-0.2, 0) is 9.84 Å². The molecule has 2 N–H and O–H groups in total. The van der Waals surface area contributed by atoms with Crippen molar-refractivity contribution < 1.29 is 8.42 Å². The van der Waals surface area contributed by atoms with Crippen LogP contribution in [0.4, 0.5) is 5.69 Å². The highest BCUT2D eigenvalue weighted by Crippen LogP contribution is 2.24. The number of sulfone groups is 1. The van der Waals surface area contributed by atoms with E-state index in [4.69, 9.17) is 11.0 Å². The fourth-order valence-corrected chi connectivity index (χ4v) is 3.43. The van der Waals surface area contributed by atoms with Crippen molar-refractivity contribution in [3.63, 3.8) is 0 Å². The third-order valence-corrected chi connectivity index (χ3v) is 4.61. The molecule has 17 heavy (non-hydrogen) atoms. The van der Waals surface area contributed by atoms with Crippen LogP contribution in [-0.4, -0.2) is 14.2 Å². The summed E-state index contributed by atoms with van der Waals surface area (Å²) in [5, 5.41) is 8.37. The van der Waals surface area contributed by atoms with E-state index in [0.29, 0.717) is 23.7 Å². The predicted molar refractivity (Wildman–Crippen MR) is 70.1 cm³/mol. The van der Waals surface area contributed by atoms with E-state index in [2.05, 4.69) is 15.9 Å². The summed E-state index contributed by atoms with van der Waals surface area (Å²) in [4.78, 5) is 0.156. The number of unbranched alkanes of at least 4 members (excludes halogenated alkanes) is 2. The van der Waals surface area contributed by atoms with Crippen molar-refractivity contribution in [1.29, 1.82) is 5.26 Å². The first-order valence-electron chi connectivity index (χ1n) is 5.12. The molecule has 0 aliphatic rings. The summed E-state index contributed by atoms with van der Waals surface area (Å²) in [5.41, 5.74) is 5.91. The van der Waals surface area contributed by atoms with Crippen LogP contribution in [0, 0.1) is 11.3 Å². The predicted octanol–water partition coefficient (Wildman–Crippen LogP) is 2.50. The fourth-order valence-electron chi connectivity index (χ4n) is 1.38. The summed E-state index contributed by atoms with van der Waals surface area (Å²) in [5.74, 6) is 0.0231. The first-order chi connectivity index (χ1) is 7.97. The highest BCUT2D eigenvalue weighted by atomic mass is 79.9. The Kier molecular flexibility index (Phi) is 4.97. The van der Waals surface area contributed by atoms with Crippen molar-refractivity contribution in [3.05, 3.63) is 22.7 Å². The zero-order chi connectivity index (χ0) is 12.9. The summed E-state index contributed by atoms with van der Waals surface area (Å²) in [6.07, 6.45) is 1.44. The number of rotatable bonds is 5. The molecule has 0 fully saturated rings. The number of benzene rings is 1. The molecular weight excluding hydrogens is 304 g/mol. The summed E-state index contributed by atoms with van der Waals surface area (Å²) in [7, 11) is -3.36. The fraction of sp³-hybridized carbons (Fsp3) is 0.364. The zero-order valence-corrected chi connectivity index (χ0v) is 11.6. The normalized spacial score (nSPS) is 11.1. The molecule has 1 aromatic rings. The Morgan fingerprint density at radius 3 is 2.71 bits per heavy atom. The Hall–Kier alpha value is -1.06. The Balaban J connectivity index is 2.83. The van der Waals surface area contributed by atoms with Gasteiger partial charge in [-0.25, -0.2) is 8.42 Å². The topological polar surface area (TPSA) is 84.0 Å². The van der Waals surface area contributed by atoms with Crippen LogP contribution in [0.2, 0.25) is 0 Å². The maximum absolute atomic E-state index is 12.0. The van der Waals surface area contributed by atoms with Crippen molar-refractivity contribution in [2.45, 2.75) is 24.2 Å². The molecule has 6 heteroatoms. The highest BCUT2D eigenvalue weighted by Gasteiger charge is 2.17. The zero-order valence-electron chi connectivity index (χ0n) is 9.19. The van der Waals surface area contributed by atoms with Gasteiger partial charge >= 0.3 is 0 Å². The lowest BCUT2D eigenvalue weighted by atomic mass is 10.3. The number of nitriles is 1. The SMILES string of the molecule is N#CCCCCS(=O)(=O)c1cc(Br)ccc1N. The molecule has 0 spiro atoms. The minimum Gasteiger partial charge on any atom is -0.398 e. The minimum absolute atomic E-state index is 0.0231. The third-order valence-electron chi connectivity index (χ3n) is 2.26. The van der Waals surface area contributed by atoms with E-state index in [1.165, 1.54) is 6.07 Å². The second-order valence-corrected chi connectivity index (χ2v) is 6.61. The lowest BCUT2D eigenvalue weighted by Crippen LogP contribution is -2.09. The van der Waals surface area contributed by atoms with E-state index in [0.717, 1.165) is 0 Å². The van der Waals surface area contributed by atoms with Crippen LogP contribution in [0.3, 0.4) is 0 Å². The number of anilines is 1. The van der Waals surface area contributed by atoms with E-state index in [9.17, 15) is 8.42 Å². The quantitative estimate of drug-likeness (QED) is 0.668. The van der Waals surface area contributed by atoms with Crippen molar-refractivity contribution in [2.75, 3.05) is 11.5 Å².